The molecule has 3 rings (SSSR count). The summed E-state index contributed by atoms with van der Waals surface area (Å²) in [7, 11) is 1.64. The molecule has 0 bridgehead atoms. The molecule has 0 N–H and O–H groups in total. The van der Waals surface area contributed by atoms with Gasteiger partial charge < -0.3 is 4.74 Å². The van der Waals surface area contributed by atoms with E-state index in [0.717, 1.165) is 28.3 Å². The van der Waals surface area contributed by atoms with E-state index >= 15 is 0 Å². The highest BCUT2D eigenvalue weighted by Crippen LogP contribution is 2.33. The van der Waals surface area contributed by atoms with E-state index in [9.17, 15) is 4.79 Å². The Bertz CT molecular complexity index is 848. The van der Waals surface area contributed by atoms with Gasteiger partial charge in [0.15, 0.2) is 4.32 Å². The zero-order chi connectivity index (χ0) is 17.4. The maximum atomic E-state index is 12.8. The van der Waals surface area contributed by atoms with Gasteiger partial charge in [-0.2, -0.15) is 5.01 Å². The van der Waals surface area contributed by atoms with Gasteiger partial charge in [0.2, 0.25) is 0 Å². The molecule has 4 nitrogen and oxygen atoms in total. The Morgan fingerprint density at radius 1 is 1.12 bits per heavy atom. The fraction of sp³-hybridized carbons (Fsp3) is 0.222. The van der Waals surface area contributed by atoms with Crippen molar-refractivity contribution in [3.63, 3.8) is 0 Å². The van der Waals surface area contributed by atoms with E-state index in [1.54, 1.807) is 12.1 Å². The van der Waals surface area contributed by atoms with Crippen LogP contribution in [0.2, 0.25) is 0 Å². The maximum absolute atomic E-state index is 12.8. The Morgan fingerprint density at radius 2 is 1.79 bits per heavy atom. The van der Waals surface area contributed by atoms with Gasteiger partial charge >= 0.3 is 0 Å². The number of aryl methyl sites for hydroxylation is 3. The molecule has 1 amide bonds. The first-order valence-corrected chi connectivity index (χ1v) is 8.72. The molecule has 1 aromatic carbocycles. The van der Waals surface area contributed by atoms with Crippen LogP contribution in [0.4, 0.5) is 0 Å². The maximum Gasteiger partial charge on any atom is 0.285 e. The summed E-state index contributed by atoms with van der Waals surface area (Å²) in [5, 5.41) is 1.56. The van der Waals surface area contributed by atoms with Crippen LogP contribution in [0.15, 0.2) is 35.2 Å². The van der Waals surface area contributed by atoms with Crippen LogP contribution < -0.4 is 9.75 Å². The van der Waals surface area contributed by atoms with Crippen molar-refractivity contribution >= 4 is 40.3 Å². The summed E-state index contributed by atoms with van der Waals surface area (Å²) >= 11 is 6.75. The lowest BCUT2D eigenvalue weighted by Gasteiger charge is -2.20. The van der Waals surface area contributed by atoms with Crippen molar-refractivity contribution in [2.75, 3.05) is 12.1 Å². The SMILES string of the molecule is COc1cc(/C=C2/SC(=S)N(n3c(C)ccc3C)C2=O)ccc1C. The summed E-state index contributed by atoms with van der Waals surface area (Å²) in [6, 6.07) is 9.82. The number of thiocarbonyl (C=S) groups is 1. The second kappa shape index (κ2) is 6.45. The van der Waals surface area contributed by atoms with Crippen LogP contribution in [-0.4, -0.2) is 22.0 Å². The lowest BCUT2D eigenvalue weighted by atomic mass is 10.1. The van der Waals surface area contributed by atoms with Crippen LogP contribution in [0.3, 0.4) is 0 Å². The quantitative estimate of drug-likeness (QED) is 0.614. The largest absolute Gasteiger partial charge is 0.496 e. The summed E-state index contributed by atoms with van der Waals surface area (Å²) in [5.41, 5.74) is 3.92. The van der Waals surface area contributed by atoms with E-state index in [1.807, 2.05) is 61.9 Å². The summed E-state index contributed by atoms with van der Waals surface area (Å²) in [5.74, 6) is 0.697. The normalized spacial score (nSPS) is 16.3. The third-order valence-electron chi connectivity index (χ3n) is 3.94. The molecule has 6 heteroatoms. The predicted octanol–water partition coefficient (Wildman–Crippen LogP) is 3.96. The van der Waals surface area contributed by atoms with Gasteiger partial charge in [-0.05, 0) is 68.4 Å². The van der Waals surface area contributed by atoms with Gasteiger partial charge in [0.25, 0.3) is 5.91 Å². The molecule has 0 radical (unpaired) electrons. The first-order chi connectivity index (χ1) is 11.4. The number of rotatable bonds is 3. The number of thioether (sulfide) groups is 1. The first kappa shape index (κ1) is 16.8. The van der Waals surface area contributed by atoms with Crippen LogP contribution in [0, 0.1) is 20.8 Å². The molecule has 0 atom stereocenters. The molecule has 2 heterocycles. The van der Waals surface area contributed by atoms with E-state index in [4.69, 9.17) is 17.0 Å². The van der Waals surface area contributed by atoms with Crippen LogP contribution in [-0.2, 0) is 4.79 Å². The highest BCUT2D eigenvalue weighted by atomic mass is 32.2. The number of ether oxygens (including phenoxy) is 1. The molecule has 0 unspecified atom stereocenters. The number of carbonyl (C=O) groups is 1. The lowest BCUT2D eigenvalue weighted by molar-refractivity contribution is -0.114. The molecule has 24 heavy (non-hydrogen) atoms. The van der Waals surface area contributed by atoms with Crippen molar-refractivity contribution in [3.05, 3.63) is 57.8 Å². The number of hydrogen-bond acceptors (Lipinski definition) is 4. The molecule has 1 aromatic heterocycles. The van der Waals surface area contributed by atoms with Gasteiger partial charge in [0.1, 0.15) is 5.75 Å². The molecule has 2 aromatic rings. The minimum Gasteiger partial charge on any atom is -0.496 e. The standard InChI is InChI=1S/C18H18N2O2S2/c1-11-5-8-14(9-15(11)22-4)10-16-17(21)20(18(23)24-16)19-12(2)6-7-13(19)3/h5-10H,1-4H3/b16-10+. The number of hydrogen-bond donors (Lipinski definition) is 0. The first-order valence-electron chi connectivity index (χ1n) is 7.50. The molecule has 1 aliphatic rings. The highest BCUT2D eigenvalue weighted by molar-refractivity contribution is 8.27. The number of carbonyl (C=O) groups excluding carboxylic acids is 1. The average Bonchev–Trinajstić information content (AvgIpc) is 3.01. The molecular formula is C18H18N2O2S2. The van der Waals surface area contributed by atoms with Crippen molar-refractivity contribution in [3.8, 4) is 5.75 Å². The average molecular weight is 358 g/mol. The molecule has 0 spiro atoms. The molecule has 124 valence electrons. The van der Waals surface area contributed by atoms with Crippen LogP contribution in [0.25, 0.3) is 6.08 Å². The number of aromatic nitrogens is 1. The highest BCUT2D eigenvalue weighted by Gasteiger charge is 2.34. The van der Waals surface area contributed by atoms with Crippen molar-refractivity contribution in [2.24, 2.45) is 0 Å². The van der Waals surface area contributed by atoms with Gasteiger partial charge in [0.05, 0.1) is 12.0 Å². The van der Waals surface area contributed by atoms with Crippen LogP contribution in [0.5, 0.6) is 5.75 Å². The van der Waals surface area contributed by atoms with Gasteiger partial charge in [-0.3, -0.25) is 9.47 Å². The fourth-order valence-electron chi connectivity index (χ4n) is 2.69. The Kier molecular flexibility index (Phi) is 4.51. The minimum atomic E-state index is -0.105. The van der Waals surface area contributed by atoms with Gasteiger partial charge in [-0.1, -0.05) is 23.9 Å². The Hall–Kier alpha value is -2.05. The molecule has 0 saturated carbocycles. The molecule has 0 aliphatic carbocycles. The third kappa shape index (κ3) is 2.87. The van der Waals surface area contributed by atoms with Crippen molar-refractivity contribution in [1.82, 2.24) is 4.68 Å². The lowest BCUT2D eigenvalue weighted by Crippen LogP contribution is -2.39. The summed E-state index contributed by atoms with van der Waals surface area (Å²) < 4.78 is 7.74. The van der Waals surface area contributed by atoms with Crippen molar-refractivity contribution in [1.29, 1.82) is 0 Å². The van der Waals surface area contributed by atoms with E-state index in [2.05, 4.69) is 0 Å². The Morgan fingerprint density at radius 3 is 2.42 bits per heavy atom. The van der Waals surface area contributed by atoms with Gasteiger partial charge in [0, 0.05) is 11.4 Å². The van der Waals surface area contributed by atoms with Gasteiger partial charge in [-0.15, -0.1) is 0 Å². The number of methoxy groups -OCH3 is 1. The van der Waals surface area contributed by atoms with Crippen molar-refractivity contribution in [2.45, 2.75) is 20.8 Å². The summed E-state index contributed by atoms with van der Waals surface area (Å²) in [6.07, 6.45) is 1.86. The Labute approximate surface area is 151 Å². The zero-order valence-corrected chi connectivity index (χ0v) is 15.6. The van der Waals surface area contributed by atoms with Crippen LogP contribution in [0.1, 0.15) is 22.5 Å². The Balaban J connectivity index is 1.97. The van der Waals surface area contributed by atoms with Gasteiger partial charge in [-0.25, -0.2) is 0 Å². The van der Waals surface area contributed by atoms with Crippen LogP contribution >= 0.6 is 24.0 Å². The van der Waals surface area contributed by atoms with E-state index in [0.29, 0.717) is 9.23 Å². The number of nitrogens with zero attached hydrogens (tertiary/aromatic N) is 2. The second-order valence-corrected chi connectivity index (χ2v) is 7.33. The molecule has 1 fully saturated rings. The van der Waals surface area contributed by atoms with E-state index in [1.165, 1.54) is 11.8 Å². The number of benzene rings is 1. The topological polar surface area (TPSA) is 34.5 Å². The molecular weight excluding hydrogens is 340 g/mol. The fourth-order valence-corrected chi connectivity index (χ4v) is 3.93. The van der Waals surface area contributed by atoms with Crippen molar-refractivity contribution < 1.29 is 9.53 Å². The third-order valence-corrected chi connectivity index (χ3v) is 5.22. The molecule has 1 saturated heterocycles. The van der Waals surface area contributed by atoms with E-state index < -0.39 is 0 Å². The second-order valence-electron chi connectivity index (χ2n) is 5.65. The minimum absolute atomic E-state index is 0.105. The number of amides is 1. The summed E-state index contributed by atoms with van der Waals surface area (Å²) in [6.45, 7) is 5.90. The predicted molar refractivity (Wildman–Crippen MR) is 103 cm³/mol. The summed E-state index contributed by atoms with van der Waals surface area (Å²) in [4.78, 5) is 13.5. The van der Waals surface area contributed by atoms with E-state index in [-0.39, 0.29) is 5.91 Å². The smallest absolute Gasteiger partial charge is 0.285 e. The molecule has 1 aliphatic heterocycles. The monoisotopic (exact) mass is 358 g/mol. The zero-order valence-electron chi connectivity index (χ0n) is 14.0.